The molecule has 0 aliphatic carbocycles. The van der Waals surface area contributed by atoms with Crippen molar-refractivity contribution in [1.29, 1.82) is 0 Å². The van der Waals surface area contributed by atoms with Crippen LogP contribution >= 0.6 is 0 Å². The molecule has 0 unspecified atom stereocenters. The molecule has 0 spiro atoms. The average molecular weight is 184 g/mol. The van der Waals surface area contributed by atoms with Crippen molar-refractivity contribution in [3.05, 3.63) is 11.8 Å². The van der Waals surface area contributed by atoms with Crippen molar-refractivity contribution in [2.45, 2.75) is 0 Å². The number of aromatic nitrogens is 2. The van der Waals surface area contributed by atoms with Gasteiger partial charge in [0.2, 0.25) is 5.88 Å². The first-order chi connectivity index (χ1) is 6.02. The van der Waals surface area contributed by atoms with Crippen molar-refractivity contribution in [3.63, 3.8) is 0 Å². The summed E-state index contributed by atoms with van der Waals surface area (Å²) >= 11 is 0. The van der Waals surface area contributed by atoms with Gasteiger partial charge in [-0.2, -0.15) is 5.10 Å². The van der Waals surface area contributed by atoms with Crippen molar-refractivity contribution in [2.75, 3.05) is 0 Å². The Morgan fingerprint density at radius 3 is 2.62 bits per heavy atom. The van der Waals surface area contributed by atoms with Crippen molar-refractivity contribution in [2.24, 2.45) is 18.5 Å². The maximum atomic E-state index is 10.8. The molecule has 0 aliphatic heterocycles. The summed E-state index contributed by atoms with van der Waals surface area (Å²) in [5.74, 6) is -0.788. The summed E-state index contributed by atoms with van der Waals surface area (Å²) in [6.07, 6.45) is 0.173. The Kier molecular flexibility index (Phi) is 2.18. The number of rotatable bonds is 2. The van der Waals surface area contributed by atoms with Gasteiger partial charge < -0.3 is 16.2 Å². The zero-order valence-electron chi connectivity index (χ0n) is 6.85. The second-order valence-electron chi connectivity index (χ2n) is 2.27. The smallest absolute Gasteiger partial charge is 0.391 e. The SMILES string of the molecule is Cn1ncc(C(N)=O)c1OC(N)=O. The highest BCUT2D eigenvalue weighted by Crippen LogP contribution is 2.15. The molecule has 1 rings (SSSR count). The number of primary amides is 2. The Labute approximate surface area is 73.2 Å². The first-order valence-corrected chi connectivity index (χ1v) is 3.31. The Hall–Kier alpha value is -2.05. The molecule has 0 saturated carbocycles. The maximum absolute atomic E-state index is 10.8. The fourth-order valence-corrected chi connectivity index (χ4v) is 0.812. The van der Waals surface area contributed by atoms with E-state index in [1.165, 1.54) is 17.9 Å². The van der Waals surface area contributed by atoms with Gasteiger partial charge >= 0.3 is 6.09 Å². The number of hydrogen-bond acceptors (Lipinski definition) is 4. The van der Waals surface area contributed by atoms with Gasteiger partial charge in [0, 0.05) is 7.05 Å². The quantitative estimate of drug-likeness (QED) is 0.612. The van der Waals surface area contributed by atoms with Gasteiger partial charge in [-0.3, -0.25) is 4.79 Å². The first-order valence-electron chi connectivity index (χ1n) is 3.31. The minimum atomic E-state index is -1.02. The van der Waals surface area contributed by atoms with E-state index in [-0.39, 0.29) is 11.4 Å². The van der Waals surface area contributed by atoms with Gasteiger partial charge in [-0.1, -0.05) is 0 Å². The Balaban J connectivity index is 3.08. The number of carbonyl (C=O) groups excluding carboxylic acids is 2. The van der Waals surface area contributed by atoms with E-state index in [1.807, 2.05) is 0 Å². The van der Waals surface area contributed by atoms with Crippen LogP contribution < -0.4 is 16.2 Å². The highest BCUT2D eigenvalue weighted by atomic mass is 16.6. The molecule has 0 bridgehead atoms. The van der Waals surface area contributed by atoms with Crippen molar-refractivity contribution < 1.29 is 14.3 Å². The molecule has 0 saturated heterocycles. The summed E-state index contributed by atoms with van der Waals surface area (Å²) in [5.41, 5.74) is 9.76. The molecule has 13 heavy (non-hydrogen) atoms. The third-order valence-electron chi connectivity index (χ3n) is 1.35. The number of nitrogens with two attached hydrogens (primary N) is 2. The van der Waals surface area contributed by atoms with E-state index < -0.39 is 12.0 Å². The lowest BCUT2D eigenvalue weighted by Gasteiger charge is -2.01. The number of aryl methyl sites for hydroxylation is 1. The average Bonchev–Trinajstić information content (AvgIpc) is 2.32. The van der Waals surface area contributed by atoms with E-state index in [0.717, 1.165) is 0 Å². The lowest BCUT2D eigenvalue weighted by molar-refractivity contribution is 0.0997. The normalized spacial score (nSPS) is 9.62. The third kappa shape index (κ3) is 1.75. The highest BCUT2D eigenvalue weighted by molar-refractivity contribution is 5.95. The molecule has 0 aromatic carbocycles. The first kappa shape index (κ1) is 9.04. The van der Waals surface area contributed by atoms with Gasteiger partial charge in [0.05, 0.1) is 6.20 Å². The molecule has 7 heteroatoms. The van der Waals surface area contributed by atoms with Gasteiger partial charge in [0.1, 0.15) is 5.56 Å². The summed E-state index contributed by atoms with van der Waals surface area (Å²) in [6.45, 7) is 0. The van der Waals surface area contributed by atoms with Gasteiger partial charge in [-0.15, -0.1) is 0 Å². The largest absolute Gasteiger partial charge is 0.411 e. The third-order valence-corrected chi connectivity index (χ3v) is 1.35. The molecule has 7 nitrogen and oxygen atoms in total. The minimum Gasteiger partial charge on any atom is -0.391 e. The number of ether oxygens (including phenoxy) is 1. The molecule has 0 aliphatic rings. The monoisotopic (exact) mass is 184 g/mol. The zero-order chi connectivity index (χ0) is 10.0. The van der Waals surface area contributed by atoms with Crippen LogP contribution in [0.15, 0.2) is 6.20 Å². The molecule has 70 valence electrons. The molecule has 1 heterocycles. The number of carbonyl (C=O) groups is 2. The van der Waals surface area contributed by atoms with E-state index in [2.05, 4.69) is 9.84 Å². The van der Waals surface area contributed by atoms with Crippen molar-refractivity contribution in [1.82, 2.24) is 9.78 Å². The topological polar surface area (TPSA) is 113 Å². The molecule has 2 amide bonds. The highest BCUT2D eigenvalue weighted by Gasteiger charge is 2.16. The standard InChI is InChI=1S/C6H8N4O3/c1-10-5(13-6(8)12)3(2-9-10)4(7)11/h2H,1H3,(H2,7,11)(H2,8,12). The maximum Gasteiger partial charge on any atom is 0.411 e. The second kappa shape index (κ2) is 3.13. The minimum absolute atomic E-state index is 0.0151. The summed E-state index contributed by atoms with van der Waals surface area (Å²) in [7, 11) is 1.49. The van der Waals surface area contributed by atoms with Gasteiger partial charge in [0.15, 0.2) is 0 Å². The number of hydrogen-bond donors (Lipinski definition) is 2. The number of amides is 2. The summed E-state index contributed by atoms with van der Waals surface area (Å²) < 4.78 is 5.70. The summed E-state index contributed by atoms with van der Waals surface area (Å²) in [6, 6.07) is 0. The predicted molar refractivity (Wildman–Crippen MR) is 41.9 cm³/mol. The van der Waals surface area contributed by atoms with Crippen LogP contribution in [0.2, 0.25) is 0 Å². The fourth-order valence-electron chi connectivity index (χ4n) is 0.812. The molecular formula is C6H8N4O3. The van der Waals surface area contributed by atoms with Crippen LogP contribution in [0.1, 0.15) is 10.4 Å². The molecule has 4 N–H and O–H groups in total. The van der Waals surface area contributed by atoms with Crippen LogP contribution in [0.3, 0.4) is 0 Å². The van der Waals surface area contributed by atoms with Crippen LogP contribution in [-0.4, -0.2) is 21.8 Å². The fraction of sp³-hybridized carbons (Fsp3) is 0.167. The van der Waals surface area contributed by atoms with Gasteiger partial charge in [0.25, 0.3) is 5.91 Å². The predicted octanol–water partition coefficient (Wildman–Crippen LogP) is -1.02. The van der Waals surface area contributed by atoms with Crippen LogP contribution in [-0.2, 0) is 7.05 Å². The van der Waals surface area contributed by atoms with E-state index in [9.17, 15) is 9.59 Å². The van der Waals surface area contributed by atoms with Crippen LogP contribution in [0.4, 0.5) is 4.79 Å². The molecule has 0 fully saturated rings. The number of nitrogens with zero attached hydrogens (tertiary/aromatic N) is 2. The Morgan fingerprint density at radius 1 is 1.54 bits per heavy atom. The van der Waals surface area contributed by atoms with Crippen molar-refractivity contribution >= 4 is 12.0 Å². The Bertz CT molecular complexity index is 357. The summed E-state index contributed by atoms with van der Waals surface area (Å²) in [4.78, 5) is 21.2. The second-order valence-corrected chi connectivity index (χ2v) is 2.27. The molecule has 1 aromatic rings. The zero-order valence-corrected chi connectivity index (χ0v) is 6.85. The van der Waals surface area contributed by atoms with E-state index in [0.29, 0.717) is 0 Å². The van der Waals surface area contributed by atoms with E-state index in [1.54, 1.807) is 0 Å². The van der Waals surface area contributed by atoms with Crippen molar-refractivity contribution in [3.8, 4) is 5.88 Å². The van der Waals surface area contributed by atoms with Gasteiger partial charge in [-0.25, -0.2) is 9.48 Å². The molecular weight excluding hydrogens is 176 g/mol. The van der Waals surface area contributed by atoms with Crippen LogP contribution in [0.25, 0.3) is 0 Å². The van der Waals surface area contributed by atoms with E-state index >= 15 is 0 Å². The van der Waals surface area contributed by atoms with Gasteiger partial charge in [-0.05, 0) is 0 Å². The van der Waals surface area contributed by atoms with Crippen LogP contribution in [0.5, 0.6) is 5.88 Å². The molecule has 0 atom stereocenters. The molecule has 0 radical (unpaired) electrons. The lowest BCUT2D eigenvalue weighted by Crippen LogP contribution is -2.20. The van der Waals surface area contributed by atoms with Crippen LogP contribution in [0, 0.1) is 0 Å². The molecule has 1 aromatic heterocycles. The summed E-state index contributed by atoms with van der Waals surface area (Å²) in [5, 5.41) is 3.67. The van der Waals surface area contributed by atoms with E-state index in [4.69, 9.17) is 11.5 Å². The Morgan fingerprint density at radius 2 is 2.15 bits per heavy atom. The lowest BCUT2D eigenvalue weighted by atomic mass is 10.3.